The van der Waals surface area contributed by atoms with Crippen LogP contribution in [-0.2, 0) is 0 Å². The summed E-state index contributed by atoms with van der Waals surface area (Å²) in [5.74, 6) is -1.96. The van der Waals surface area contributed by atoms with E-state index in [1.54, 1.807) is 6.92 Å². The SMILES string of the molecule is Cc1ncnc(C2CC2)c1-n1c(=O)nc2c3c(c(F)c(-c4c(O)cccc4F)nc31)OC[C@H]1CCCCN21. The van der Waals surface area contributed by atoms with Crippen LogP contribution in [-0.4, -0.2) is 48.8 Å². The van der Waals surface area contributed by atoms with Crippen molar-refractivity contribution in [1.29, 1.82) is 0 Å². The minimum absolute atomic E-state index is 0.0556. The lowest BCUT2D eigenvalue weighted by Gasteiger charge is -2.34. The predicted molar refractivity (Wildman–Crippen MR) is 135 cm³/mol. The Hall–Kier alpha value is -4.15. The van der Waals surface area contributed by atoms with Crippen molar-refractivity contribution < 1.29 is 18.6 Å². The first kappa shape index (κ1) is 23.0. The number of nitrogens with zero attached hydrogens (tertiary/aromatic N) is 6. The molecule has 4 aromatic rings. The number of phenolic OH excluding ortho intramolecular Hbond substituents is 1. The molecule has 0 amide bonds. The summed E-state index contributed by atoms with van der Waals surface area (Å²) < 4.78 is 38.6. The highest BCUT2D eigenvalue weighted by atomic mass is 19.1. The third kappa shape index (κ3) is 3.37. The molecule has 1 atom stereocenters. The van der Waals surface area contributed by atoms with E-state index >= 15 is 4.39 Å². The average Bonchev–Trinajstić information content (AvgIpc) is 3.75. The van der Waals surface area contributed by atoms with Gasteiger partial charge in [-0.15, -0.1) is 0 Å². The Labute approximate surface area is 215 Å². The Balaban J connectivity index is 1.64. The highest BCUT2D eigenvalue weighted by molar-refractivity contribution is 5.97. The molecule has 0 bridgehead atoms. The lowest BCUT2D eigenvalue weighted by atomic mass is 10.0. The molecule has 1 aromatic carbocycles. The summed E-state index contributed by atoms with van der Waals surface area (Å²) in [5.41, 5.74) is 0.240. The zero-order valence-electron chi connectivity index (χ0n) is 20.6. The Morgan fingerprint density at radius 3 is 2.74 bits per heavy atom. The molecule has 7 rings (SSSR count). The van der Waals surface area contributed by atoms with Crippen molar-refractivity contribution >= 4 is 16.9 Å². The van der Waals surface area contributed by atoms with Crippen LogP contribution in [0.2, 0.25) is 0 Å². The summed E-state index contributed by atoms with van der Waals surface area (Å²) in [4.78, 5) is 33.6. The van der Waals surface area contributed by atoms with Gasteiger partial charge < -0.3 is 14.7 Å². The third-order valence-electron chi connectivity index (χ3n) is 7.67. The molecule has 9 nitrogen and oxygen atoms in total. The van der Waals surface area contributed by atoms with Gasteiger partial charge in [-0.2, -0.15) is 4.98 Å². The quantitative estimate of drug-likeness (QED) is 0.431. The number of fused-ring (bicyclic) bond motifs is 2. The van der Waals surface area contributed by atoms with Gasteiger partial charge in [-0.25, -0.2) is 33.1 Å². The smallest absolute Gasteiger partial charge is 0.355 e. The number of rotatable bonds is 3. The number of aromatic nitrogens is 5. The molecule has 38 heavy (non-hydrogen) atoms. The van der Waals surface area contributed by atoms with Gasteiger partial charge in [0.25, 0.3) is 0 Å². The number of aryl methyl sites for hydroxylation is 1. The average molecular weight is 519 g/mol. The Morgan fingerprint density at radius 1 is 1.11 bits per heavy atom. The third-order valence-corrected chi connectivity index (χ3v) is 7.67. The number of hydrogen-bond acceptors (Lipinski definition) is 8. The van der Waals surface area contributed by atoms with E-state index in [0.717, 1.165) is 38.2 Å². The maximum atomic E-state index is 16.2. The van der Waals surface area contributed by atoms with E-state index in [0.29, 0.717) is 29.4 Å². The summed E-state index contributed by atoms with van der Waals surface area (Å²) in [6.45, 7) is 2.57. The van der Waals surface area contributed by atoms with Gasteiger partial charge >= 0.3 is 5.69 Å². The fourth-order valence-corrected chi connectivity index (χ4v) is 5.69. The van der Waals surface area contributed by atoms with Crippen molar-refractivity contribution in [1.82, 2.24) is 24.5 Å². The van der Waals surface area contributed by atoms with Crippen molar-refractivity contribution in [3.05, 3.63) is 58.0 Å². The van der Waals surface area contributed by atoms with Crippen molar-refractivity contribution in [2.45, 2.75) is 51.0 Å². The van der Waals surface area contributed by atoms with Crippen LogP contribution in [0.3, 0.4) is 0 Å². The molecule has 0 unspecified atom stereocenters. The lowest BCUT2D eigenvalue weighted by molar-refractivity contribution is 0.258. The molecule has 3 aliphatic rings. The second-order valence-corrected chi connectivity index (χ2v) is 10.1. The van der Waals surface area contributed by atoms with Gasteiger partial charge in [-0.1, -0.05) is 6.07 Å². The number of ether oxygens (including phenoxy) is 1. The highest BCUT2D eigenvalue weighted by Gasteiger charge is 2.37. The number of aromatic hydroxyl groups is 1. The maximum Gasteiger partial charge on any atom is 0.355 e. The molecule has 2 fully saturated rings. The molecule has 3 aromatic heterocycles. The molecule has 5 heterocycles. The molecular formula is C27H24F2N6O3. The van der Waals surface area contributed by atoms with Gasteiger partial charge in [-0.3, -0.25) is 0 Å². The second kappa shape index (κ2) is 8.44. The molecule has 194 valence electrons. The molecule has 1 N–H and O–H groups in total. The van der Waals surface area contributed by atoms with E-state index < -0.39 is 34.3 Å². The Bertz CT molecular complexity index is 1670. The molecule has 1 saturated heterocycles. The molecular weight excluding hydrogens is 494 g/mol. The van der Waals surface area contributed by atoms with Crippen molar-refractivity contribution in [3.63, 3.8) is 0 Å². The van der Waals surface area contributed by atoms with Crippen LogP contribution in [0.25, 0.3) is 28.0 Å². The van der Waals surface area contributed by atoms with Gasteiger partial charge in [0.15, 0.2) is 17.2 Å². The summed E-state index contributed by atoms with van der Waals surface area (Å²) in [6.07, 6.45) is 5.96. The highest BCUT2D eigenvalue weighted by Crippen LogP contribution is 2.46. The number of anilines is 1. The lowest BCUT2D eigenvalue weighted by Crippen LogP contribution is -2.43. The molecule has 0 spiro atoms. The molecule has 2 aliphatic heterocycles. The molecule has 1 saturated carbocycles. The van der Waals surface area contributed by atoms with E-state index in [4.69, 9.17) is 4.74 Å². The number of hydrogen-bond donors (Lipinski definition) is 1. The Morgan fingerprint density at radius 2 is 1.95 bits per heavy atom. The minimum Gasteiger partial charge on any atom is -0.507 e. The van der Waals surface area contributed by atoms with Gasteiger partial charge in [0.1, 0.15) is 41.4 Å². The van der Waals surface area contributed by atoms with Crippen LogP contribution in [0.15, 0.2) is 29.3 Å². The maximum absolute atomic E-state index is 16.2. The standard InChI is InChI=1S/C27H24F2N6O3/c1-13-23(21(14-8-9-14)31-12-30-13)35-26-19-24(20(29)22(32-26)18-16(28)6-4-7-17(18)36)38-11-15-5-2-3-10-34(15)25(19)33-27(35)37/h4,6-7,12,14-15,36H,2-3,5,8-11H2,1H3/t15-/m1/s1. The zero-order valence-corrected chi connectivity index (χ0v) is 20.6. The van der Waals surface area contributed by atoms with E-state index in [1.807, 2.05) is 4.90 Å². The first-order valence-electron chi connectivity index (χ1n) is 12.8. The largest absolute Gasteiger partial charge is 0.507 e. The van der Waals surface area contributed by atoms with Crippen LogP contribution in [0.1, 0.15) is 49.4 Å². The van der Waals surface area contributed by atoms with Crippen molar-refractivity contribution in [2.75, 3.05) is 18.1 Å². The summed E-state index contributed by atoms with van der Waals surface area (Å²) >= 11 is 0. The number of pyridine rings is 1. The Kier molecular flexibility index (Phi) is 5.11. The fourth-order valence-electron chi connectivity index (χ4n) is 5.69. The van der Waals surface area contributed by atoms with Crippen molar-refractivity contribution in [3.8, 4) is 28.4 Å². The number of phenols is 1. The molecule has 11 heteroatoms. The number of piperidine rings is 1. The second-order valence-electron chi connectivity index (χ2n) is 10.1. The van der Waals surface area contributed by atoms with E-state index in [-0.39, 0.29) is 35.3 Å². The van der Waals surface area contributed by atoms with Gasteiger partial charge in [-0.05, 0) is 51.2 Å². The first-order chi connectivity index (χ1) is 18.4. The predicted octanol–water partition coefficient (Wildman–Crippen LogP) is 4.16. The monoisotopic (exact) mass is 518 g/mol. The van der Waals surface area contributed by atoms with Crippen LogP contribution < -0.4 is 15.3 Å². The van der Waals surface area contributed by atoms with Gasteiger partial charge in [0.05, 0.1) is 28.7 Å². The fraction of sp³-hybridized carbons (Fsp3) is 0.370. The van der Waals surface area contributed by atoms with Gasteiger partial charge in [0.2, 0.25) is 0 Å². The van der Waals surface area contributed by atoms with Crippen molar-refractivity contribution in [2.24, 2.45) is 0 Å². The van der Waals surface area contributed by atoms with E-state index in [9.17, 15) is 14.3 Å². The van der Waals surface area contributed by atoms with Crippen LogP contribution in [0.4, 0.5) is 14.6 Å². The summed E-state index contributed by atoms with van der Waals surface area (Å²) in [5, 5.41) is 10.7. The number of benzene rings is 1. The minimum atomic E-state index is -0.922. The molecule has 1 aliphatic carbocycles. The summed E-state index contributed by atoms with van der Waals surface area (Å²) in [7, 11) is 0. The van der Waals surface area contributed by atoms with E-state index in [1.165, 1.54) is 23.0 Å². The zero-order chi connectivity index (χ0) is 26.1. The van der Waals surface area contributed by atoms with Crippen LogP contribution >= 0.6 is 0 Å². The normalized spacial score (nSPS) is 18.7. The van der Waals surface area contributed by atoms with Crippen LogP contribution in [0, 0.1) is 18.6 Å². The summed E-state index contributed by atoms with van der Waals surface area (Å²) in [6, 6.07) is 3.59. The number of halogens is 2. The van der Waals surface area contributed by atoms with Crippen LogP contribution in [0.5, 0.6) is 11.5 Å². The first-order valence-corrected chi connectivity index (χ1v) is 12.8. The topological polar surface area (TPSA) is 106 Å². The molecule has 0 radical (unpaired) electrons. The van der Waals surface area contributed by atoms with Gasteiger partial charge in [0, 0.05) is 12.5 Å². The van der Waals surface area contributed by atoms with E-state index in [2.05, 4.69) is 19.9 Å².